The summed E-state index contributed by atoms with van der Waals surface area (Å²) in [5, 5.41) is 9.29. The lowest BCUT2D eigenvalue weighted by molar-refractivity contribution is -0.0446. The number of rotatable bonds is 13. The highest BCUT2D eigenvalue weighted by molar-refractivity contribution is 5.54. The fraction of sp³-hybridized carbons (Fsp3) is 0.556. The van der Waals surface area contributed by atoms with Gasteiger partial charge in [-0.25, -0.2) is 0 Å². The molecular formula is C27H37NO7. The second-order valence-electron chi connectivity index (χ2n) is 9.70. The second-order valence-corrected chi connectivity index (χ2v) is 9.70. The van der Waals surface area contributed by atoms with Crippen LogP contribution in [0.4, 0.5) is 0 Å². The molecule has 1 N–H and O–H groups in total. The van der Waals surface area contributed by atoms with Crippen LogP contribution in [0.5, 0.6) is 34.5 Å². The number of benzene rings is 2. The van der Waals surface area contributed by atoms with Crippen molar-refractivity contribution < 1.29 is 33.5 Å². The van der Waals surface area contributed by atoms with Gasteiger partial charge in [-0.15, -0.1) is 0 Å². The van der Waals surface area contributed by atoms with Gasteiger partial charge in [-0.3, -0.25) is 0 Å². The molecule has 0 atom stereocenters. The van der Waals surface area contributed by atoms with E-state index in [4.69, 9.17) is 28.4 Å². The minimum Gasteiger partial charge on any atom is -0.489 e. The summed E-state index contributed by atoms with van der Waals surface area (Å²) in [7, 11) is 0. The number of fused-ring (bicyclic) bond motifs is 2. The van der Waals surface area contributed by atoms with Crippen LogP contribution in [-0.2, 0) is 0 Å². The molecule has 8 nitrogen and oxygen atoms in total. The van der Waals surface area contributed by atoms with Crippen LogP contribution in [0.15, 0.2) is 36.4 Å². The first-order chi connectivity index (χ1) is 16.8. The van der Waals surface area contributed by atoms with Gasteiger partial charge >= 0.3 is 0 Å². The zero-order valence-electron chi connectivity index (χ0n) is 21.2. The van der Waals surface area contributed by atoms with Gasteiger partial charge in [0.1, 0.15) is 0 Å². The van der Waals surface area contributed by atoms with Crippen molar-refractivity contribution in [3.8, 4) is 34.5 Å². The molecule has 8 heteroatoms. The van der Waals surface area contributed by atoms with E-state index >= 15 is 0 Å². The standard InChI is InChI=1S/C27H37NO7/c1-26(2)32-22-12-5-10-20(24(22)34-26)30-18-8-15-28(14-7-17-29)16-9-19-31-21-11-6-13-23-25(21)35-27(3,4)33-23/h5-6,10-13,29H,7-9,14-19H2,1-4H3. The van der Waals surface area contributed by atoms with E-state index in [1.54, 1.807) is 0 Å². The van der Waals surface area contributed by atoms with Gasteiger partial charge in [-0.2, -0.15) is 0 Å². The third kappa shape index (κ3) is 6.64. The van der Waals surface area contributed by atoms with E-state index in [2.05, 4.69) is 4.90 Å². The molecule has 192 valence electrons. The number of ether oxygens (including phenoxy) is 6. The molecule has 0 fully saturated rings. The summed E-state index contributed by atoms with van der Waals surface area (Å²) < 4.78 is 35.3. The Morgan fingerprint density at radius 1 is 0.686 bits per heavy atom. The van der Waals surface area contributed by atoms with Gasteiger partial charge in [0.05, 0.1) is 13.2 Å². The molecule has 0 aliphatic carbocycles. The zero-order valence-corrected chi connectivity index (χ0v) is 21.2. The first kappa shape index (κ1) is 25.3. The normalized spacial score (nSPS) is 16.5. The average Bonchev–Trinajstić information content (AvgIpc) is 3.30. The van der Waals surface area contributed by atoms with Gasteiger partial charge in [0, 0.05) is 53.9 Å². The molecule has 0 amide bonds. The Bertz CT molecular complexity index is 916. The number of aliphatic hydroxyl groups excluding tert-OH is 1. The number of hydrogen-bond donors (Lipinski definition) is 1. The summed E-state index contributed by atoms with van der Waals surface area (Å²) in [6.45, 7) is 11.4. The van der Waals surface area contributed by atoms with E-state index in [9.17, 15) is 5.11 Å². The van der Waals surface area contributed by atoms with Gasteiger partial charge in [-0.05, 0) is 43.5 Å². The van der Waals surface area contributed by atoms with Gasteiger partial charge < -0.3 is 38.4 Å². The van der Waals surface area contributed by atoms with Crippen molar-refractivity contribution in [2.45, 2.75) is 58.5 Å². The van der Waals surface area contributed by atoms with Crippen molar-refractivity contribution in [2.75, 3.05) is 39.5 Å². The van der Waals surface area contributed by atoms with Crippen molar-refractivity contribution in [2.24, 2.45) is 0 Å². The van der Waals surface area contributed by atoms with Gasteiger partial charge in [-0.1, -0.05) is 12.1 Å². The summed E-state index contributed by atoms with van der Waals surface area (Å²) in [5.41, 5.74) is 0. The smallest absolute Gasteiger partial charge is 0.246 e. The highest BCUT2D eigenvalue weighted by Gasteiger charge is 2.35. The Hall–Kier alpha value is -2.84. The number of para-hydroxylation sites is 2. The van der Waals surface area contributed by atoms with Crippen molar-refractivity contribution in [3.05, 3.63) is 36.4 Å². The summed E-state index contributed by atoms with van der Waals surface area (Å²) >= 11 is 0. The van der Waals surface area contributed by atoms with Crippen molar-refractivity contribution in [1.82, 2.24) is 4.90 Å². The Kier molecular flexibility index (Phi) is 7.82. The molecule has 0 saturated carbocycles. The third-order valence-electron chi connectivity index (χ3n) is 5.68. The molecule has 2 aromatic carbocycles. The summed E-state index contributed by atoms with van der Waals surface area (Å²) in [4.78, 5) is 2.33. The van der Waals surface area contributed by atoms with Gasteiger partial charge in [0.25, 0.3) is 0 Å². The summed E-state index contributed by atoms with van der Waals surface area (Å²) in [6, 6.07) is 11.4. The van der Waals surface area contributed by atoms with Gasteiger partial charge in [0.15, 0.2) is 23.0 Å². The predicted molar refractivity (Wildman–Crippen MR) is 132 cm³/mol. The average molecular weight is 488 g/mol. The summed E-state index contributed by atoms with van der Waals surface area (Å²) in [6.07, 6.45) is 2.44. The van der Waals surface area contributed by atoms with E-state index in [1.807, 2.05) is 64.1 Å². The van der Waals surface area contributed by atoms with Crippen LogP contribution in [0.25, 0.3) is 0 Å². The lowest BCUT2D eigenvalue weighted by atomic mass is 10.3. The Labute approximate surface area is 207 Å². The van der Waals surface area contributed by atoms with Crippen LogP contribution in [0, 0.1) is 0 Å². The van der Waals surface area contributed by atoms with Crippen LogP contribution in [0.3, 0.4) is 0 Å². The van der Waals surface area contributed by atoms with Crippen LogP contribution < -0.4 is 28.4 Å². The van der Waals surface area contributed by atoms with Crippen molar-refractivity contribution in [3.63, 3.8) is 0 Å². The fourth-order valence-electron chi connectivity index (χ4n) is 4.21. The van der Waals surface area contributed by atoms with E-state index in [0.717, 1.165) is 38.9 Å². The molecule has 4 rings (SSSR count). The molecule has 2 aliphatic rings. The van der Waals surface area contributed by atoms with Crippen LogP contribution in [-0.4, -0.2) is 61.0 Å². The van der Waals surface area contributed by atoms with Crippen LogP contribution >= 0.6 is 0 Å². The highest BCUT2D eigenvalue weighted by Crippen LogP contribution is 2.46. The van der Waals surface area contributed by atoms with Crippen LogP contribution in [0.2, 0.25) is 0 Å². The largest absolute Gasteiger partial charge is 0.489 e. The molecular weight excluding hydrogens is 450 g/mol. The molecule has 0 aromatic heterocycles. The maximum absolute atomic E-state index is 9.29. The predicted octanol–water partition coefficient (Wildman–Crippen LogP) is 4.62. The van der Waals surface area contributed by atoms with Crippen LogP contribution in [0.1, 0.15) is 47.0 Å². The molecule has 0 saturated heterocycles. The molecule has 0 bridgehead atoms. The van der Waals surface area contributed by atoms with Gasteiger partial charge in [0.2, 0.25) is 23.1 Å². The molecule has 0 unspecified atom stereocenters. The molecule has 0 radical (unpaired) electrons. The molecule has 2 heterocycles. The lowest BCUT2D eigenvalue weighted by Crippen LogP contribution is -2.30. The van der Waals surface area contributed by atoms with E-state index in [0.29, 0.717) is 47.7 Å². The first-order valence-electron chi connectivity index (χ1n) is 12.4. The quantitative estimate of drug-likeness (QED) is 0.410. The SMILES string of the molecule is CC1(C)Oc2cccc(OCCCN(CCCO)CCCOc3cccc4c3OC(C)(C)O4)c2O1. The Morgan fingerprint density at radius 2 is 1.14 bits per heavy atom. The topological polar surface area (TPSA) is 78.9 Å². The number of nitrogens with zero attached hydrogens (tertiary/aromatic N) is 1. The van der Waals surface area contributed by atoms with E-state index in [1.165, 1.54) is 0 Å². The zero-order chi connectivity index (χ0) is 24.9. The van der Waals surface area contributed by atoms with E-state index in [-0.39, 0.29) is 6.61 Å². The fourth-order valence-corrected chi connectivity index (χ4v) is 4.21. The minimum atomic E-state index is -0.680. The minimum absolute atomic E-state index is 0.177. The van der Waals surface area contributed by atoms with Crippen molar-refractivity contribution >= 4 is 0 Å². The number of hydrogen-bond acceptors (Lipinski definition) is 8. The summed E-state index contributed by atoms with van der Waals surface area (Å²) in [5.74, 6) is 2.79. The Morgan fingerprint density at radius 3 is 1.60 bits per heavy atom. The highest BCUT2D eigenvalue weighted by atomic mass is 16.7. The lowest BCUT2D eigenvalue weighted by Gasteiger charge is -2.22. The molecule has 0 spiro atoms. The molecule has 35 heavy (non-hydrogen) atoms. The molecule has 2 aromatic rings. The third-order valence-corrected chi connectivity index (χ3v) is 5.68. The van der Waals surface area contributed by atoms with Crippen molar-refractivity contribution in [1.29, 1.82) is 0 Å². The number of aliphatic hydroxyl groups is 1. The Balaban J connectivity index is 1.21. The monoisotopic (exact) mass is 487 g/mol. The first-order valence-corrected chi connectivity index (χ1v) is 12.4. The molecule has 2 aliphatic heterocycles. The van der Waals surface area contributed by atoms with E-state index < -0.39 is 11.6 Å². The maximum Gasteiger partial charge on any atom is 0.246 e. The maximum atomic E-state index is 9.29. The second kappa shape index (κ2) is 10.8.